The van der Waals surface area contributed by atoms with Gasteiger partial charge in [0.15, 0.2) is 0 Å². The van der Waals surface area contributed by atoms with E-state index in [2.05, 4.69) is 0 Å². The second kappa shape index (κ2) is 8.33. The number of rotatable bonds is 4. The Morgan fingerprint density at radius 2 is 0.696 bits per heavy atom. The van der Waals surface area contributed by atoms with Crippen LogP contribution in [0.2, 0.25) is 16.6 Å². The van der Waals surface area contributed by atoms with Crippen molar-refractivity contribution in [1.29, 1.82) is 0 Å². The van der Waals surface area contributed by atoms with Gasteiger partial charge in [-0.1, -0.05) is 96.3 Å². The zero-order valence-corrected chi connectivity index (χ0v) is 18.7. The summed E-state index contributed by atoms with van der Waals surface area (Å²) in [6.45, 7) is 0. The molecular formula is C18H33Cl3Si2. The van der Waals surface area contributed by atoms with Crippen LogP contribution in [0, 0.1) is 0 Å². The van der Waals surface area contributed by atoms with E-state index in [4.69, 9.17) is 33.2 Å². The molecule has 0 nitrogen and oxygen atoms in total. The van der Waals surface area contributed by atoms with Gasteiger partial charge in [-0.3, -0.25) is 0 Å². The van der Waals surface area contributed by atoms with Gasteiger partial charge in [-0.05, 0) is 16.6 Å². The minimum Gasteiger partial charge on any atom is -0.130 e. The SMILES string of the molecule is Cl[Si](Cl)(Cl)[Si](C1CCCCC1)(C1CCCCC1)C1CCCCC1. The van der Waals surface area contributed by atoms with E-state index in [0.717, 1.165) is 16.6 Å². The van der Waals surface area contributed by atoms with E-state index in [1.807, 2.05) is 0 Å². The van der Waals surface area contributed by atoms with Crippen LogP contribution >= 0.6 is 33.2 Å². The largest absolute Gasteiger partial charge is 0.325 e. The molecule has 0 radical (unpaired) electrons. The fraction of sp³-hybridized carbons (Fsp3) is 1.00. The molecule has 3 saturated carbocycles. The van der Waals surface area contributed by atoms with Gasteiger partial charge in [-0.15, -0.1) is 33.2 Å². The van der Waals surface area contributed by atoms with Crippen molar-refractivity contribution < 1.29 is 0 Å². The highest BCUT2D eigenvalue weighted by Gasteiger charge is 2.65. The Balaban J connectivity index is 1.99. The summed E-state index contributed by atoms with van der Waals surface area (Å²) < 4.78 is 0. The summed E-state index contributed by atoms with van der Waals surface area (Å²) in [5.74, 6) is 0. The van der Waals surface area contributed by atoms with Gasteiger partial charge in [-0.25, -0.2) is 0 Å². The van der Waals surface area contributed by atoms with E-state index >= 15 is 0 Å². The fourth-order valence-electron chi connectivity index (χ4n) is 6.44. The lowest BCUT2D eigenvalue weighted by molar-refractivity contribution is 0.424. The molecule has 3 aliphatic rings. The first kappa shape index (κ1) is 19.1. The maximum atomic E-state index is 7.09. The number of hydrogen-bond acceptors (Lipinski definition) is 0. The van der Waals surface area contributed by atoms with Crippen LogP contribution in [0.4, 0.5) is 0 Å². The van der Waals surface area contributed by atoms with Crippen LogP contribution in [0.5, 0.6) is 0 Å². The first-order chi connectivity index (χ1) is 11.1. The quantitative estimate of drug-likeness (QED) is 0.323. The van der Waals surface area contributed by atoms with Crippen molar-refractivity contribution in [2.24, 2.45) is 0 Å². The van der Waals surface area contributed by atoms with E-state index in [0.29, 0.717) is 0 Å². The predicted octanol–water partition coefficient (Wildman–Crippen LogP) is 8.17. The number of halogens is 3. The molecule has 5 heteroatoms. The second-order valence-electron chi connectivity index (χ2n) is 8.44. The van der Waals surface area contributed by atoms with Gasteiger partial charge in [0.1, 0.15) is 7.59 Å². The van der Waals surface area contributed by atoms with Gasteiger partial charge in [0.25, 0.3) is 0 Å². The Morgan fingerprint density at radius 1 is 0.435 bits per heavy atom. The Kier molecular flexibility index (Phi) is 6.91. The van der Waals surface area contributed by atoms with Crippen molar-refractivity contribution in [3.63, 3.8) is 0 Å². The molecule has 3 fully saturated rings. The summed E-state index contributed by atoms with van der Waals surface area (Å²) in [5, 5.41) is 0. The van der Waals surface area contributed by atoms with Gasteiger partial charge in [0, 0.05) is 0 Å². The third kappa shape index (κ3) is 3.87. The van der Waals surface area contributed by atoms with Crippen molar-refractivity contribution in [3.8, 4) is 0 Å². The van der Waals surface area contributed by atoms with Gasteiger partial charge in [0.05, 0.1) is 0 Å². The van der Waals surface area contributed by atoms with Crippen molar-refractivity contribution >= 4 is 46.3 Å². The molecule has 0 aromatic rings. The molecular weight excluding hydrogens is 379 g/mol. The van der Waals surface area contributed by atoms with Crippen LogP contribution in [-0.4, -0.2) is 13.1 Å². The van der Waals surface area contributed by atoms with Crippen LogP contribution in [0.1, 0.15) is 96.3 Å². The maximum Gasteiger partial charge on any atom is 0.325 e. The van der Waals surface area contributed by atoms with Crippen LogP contribution in [0.25, 0.3) is 0 Å². The summed E-state index contributed by atoms with van der Waals surface area (Å²) >= 11 is 21.3. The standard InChI is InChI=1S/C18H33Cl3Si2/c19-23(20,21)22(16-10-4-1-5-11-16,17-12-6-2-7-13-17)18-14-8-3-9-15-18/h16-18H,1-15H2. The molecule has 0 spiro atoms. The molecule has 134 valence electrons. The van der Waals surface area contributed by atoms with Gasteiger partial charge in [-0.2, -0.15) is 0 Å². The minimum absolute atomic E-state index is 0.835. The summed E-state index contributed by atoms with van der Waals surface area (Å²) in [6, 6.07) is 0. The smallest absolute Gasteiger partial charge is 0.130 e. The van der Waals surface area contributed by atoms with E-state index < -0.39 is 13.1 Å². The Labute approximate surface area is 159 Å². The summed E-state index contributed by atoms with van der Waals surface area (Å²) in [4.78, 5) is 0. The zero-order valence-electron chi connectivity index (χ0n) is 14.5. The third-order valence-corrected chi connectivity index (χ3v) is 29.6. The van der Waals surface area contributed by atoms with E-state index in [1.54, 1.807) is 0 Å². The summed E-state index contributed by atoms with van der Waals surface area (Å²) in [6.07, 6.45) is 21.0. The highest BCUT2D eigenvalue weighted by molar-refractivity contribution is 7.89. The van der Waals surface area contributed by atoms with Crippen molar-refractivity contribution in [2.75, 3.05) is 0 Å². The molecule has 0 aromatic heterocycles. The van der Waals surface area contributed by atoms with Crippen molar-refractivity contribution in [1.82, 2.24) is 0 Å². The third-order valence-electron chi connectivity index (χ3n) is 7.33. The molecule has 0 amide bonds. The minimum atomic E-state index is -2.64. The Morgan fingerprint density at radius 3 is 0.913 bits per heavy atom. The van der Waals surface area contributed by atoms with Crippen LogP contribution in [0.15, 0.2) is 0 Å². The highest BCUT2D eigenvalue weighted by atomic mass is 35.8. The Hall–Kier alpha value is 1.30. The molecule has 0 heterocycles. The lowest BCUT2D eigenvalue weighted by atomic mass is 9.98. The van der Waals surface area contributed by atoms with E-state index in [9.17, 15) is 0 Å². The van der Waals surface area contributed by atoms with Gasteiger partial charge >= 0.3 is 5.52 Å². The van der Waals surface area contributed by atoms with Crippen LogP contribution in [0.3, 0.4) is 0 Å². The molecule has 0 atom stereocenters. The monoisotopic (exact) mass is 410 g/mol. The molecule has 3 aliphatic carbocycles. The van der Waals surface area contributed by atoms with Crippen LogP contribution in [-0.2, 0) is 0 Å². The average molecular weight is 412 g/mol. The zero-order chi connectivity index (χ0) is 16.3. The summed E-state index contributed by atoms with van der Waals surface area (Å²) in [5.41, 5.74) is -0.139. The average Bonchev–Trinajstić information content (AvgIpc) is 2.57. The molecule has 0 aliphatic heterocycles. The van der Waals surface area contributed by atoms with Gasteiger partial charge in [0.2, 0.25) is 0 Å². The molecule has 0 unspecified atom stereocenters. The molecule has 0 bridgehead atoms. The lowest BCUT2D eigenvalue weighted by Gasteiger charge is -2.55. The Bertz CT molecular complexity index is 319. The fourth-order valence-corrected chi connectivity index (χ4v) is 33.2. The molecule has 3 rings (SSSR count). The summed E-state index contributed by atoms with van der Waals surface area (Å²) in [7, 11) is -1.86. The predicted molar refractivity (Wildman–Crippen MR) is 110 cm³/mol. The normalized spacial score (nSPS) is 27.3. The van der Waals surface area contributed by atoms with Crippen LogP contribution < -0.4 is 0 Å². The van der Waals surface area contributed by atoms with Gasteiger partial charge < -0.3 is 0 Å². The first-order valence-corrected chi connectivity index (χ1v) is 18.4. The first-order valence-electron chi connectivity index (χ1n) is 10.1. The topological polar surface area (TPSA) is 0 Å². The number of hydrogen-bond donors (Lipinski definition) is 0. The molecule has 0 saturated heterocycles. The molecule has 0 aromatic carbocycles. The highest BCUT2D eigenvalue weighted by Crippen LogP contribution is 2.62. The lowest BCUT2D eigenvalue weighted by Crippen LogP contribution is -2.63. The van der Waals surface area contributed by atoms with E-state index in [1.165, 1.54) is 96.3 Å². The molecule has 23 heavy (non-hydrogen) atoms. The molecule has 0 N–H and O–H groups in total. The van der Waals surface area contributed by atoms with Crippen molar-refractivity contribution in [2.45, 2.75) is 113 Å². The maximum absolute atomic E-state index is 7.09. The van der Waals surface area contributed by atoms with E-state index in [-0.39, 0.29) is 0 Å². The second-order valence-corrected chi connectivity index (χ2v) is 28.3. The van der Waals surface area contributed by atoms with Crippen molar-refractivity contribution in [3.05, 3.63) is 0 Å².